The fraction of sp³-hybridized carbons (Fsp3) is 0.529. The van der Waals surface area contributed by atoms with Gasteiger partial charge in [0.2, 0.25) is 0 Å². The molecule has 2 rings (SSSR count). The minimum absolute atomic E-state index is 0.0286. The van der Waals surface area contributed by atoms with Gasteiger partial charge in [-0.1, -0.05) is 12.1 Å². The van der Waals surface area contributed by atoms with Crippen LogP contribution in [0, 0.1) is 0 Å². The second kappa shape index (κ2) is 7.94. The normalized spacial score (nSPS) is 18.7. The lowest BCUT2D eigenvalue weighted by Crippen LogP contribution is -2.37. The van der Waals surface area contributed by atoms with Crippen LogP contribution in [0.2, 0.25) is 0 Å². The predicted octanol–water partition coefficient (Wildman–Crippen LogP) is 2.34. The number of ketones is 1. The summed E-state index contributed by atoms with van der Waals surface area (Å²) < 4.78 is 11.1. The molecule has 1 aliphatic heterocycles. The van der Waals surface area contributed by atoms with E-state index in [-0.39, 0.29) is 17.8 Å². The van der Waals surface area contributed by atoms with Crippen LogP contribution in [-0.4, -0.2) is 37.0 Å². The molecule has 1 aromatic carbocycles. The summed E-state index contributed by atoms with van der Waals surface area (Å²) in [5.41, 5.74) is 0.573. The van der Waals surface area contributed by atoms with Crippen molar-refractivity contribution < 1.29 is 19.1 Å². The molecular weight excluding hydrogens is 282 g/mol. The van der Waals surface area contributed by atoms with E-state index in [4.69, 9.17) is 9.47 Å². The summed E-state index contributed by atoms with van der Waals surface area (Å²) in [5.74, 6) is 0.333. The lowest BCUT2D eigenvalue weighted by molar-refractivity contribution is -0.127. The molecule has 2 unspecified atom stereocenters. The van der Waals surface area contributed by atoms with E-state index in [1.54, 1.807) is 31.2 Å². The number of hydrogen-bond acceptors (Lipinski definition) is 4. The third kappa shape index (κ3) is 4.84. The van der Waals surface area contributed by atoms with Crippen molar-refractivity contribution in [3.63, 3.8) is 0 Å². The number of hydrogen-bond donors (Lipinski definition) is 1. The van der Waals surface area contributed by atoms with Crippen molar-refractivity contribution in [2.45, 2.75) is 45.3 Å². The third-order valence-electron chi connectivity index (χ3n) is 3.71. The van der Waals surface area contributed by atoms with Gasteiger partial charge in [0.1, 0.15) is 5.75 Å². The molecule has 0 aromatic heterocycles. The molecule has 120 valence electrons. The van der Waals surface area contributed by atoms with Gasteiger partial charge in [-0.2, -0.15) is 0 Å². The molecule has 5 nitrogen and oxygen atoms in total. The third-order valence-corrected chi connectivity index (χ3v) is 3.71. The molecule has 0 saturated carbocycles. The van der Waals surface area contributed by atoms with Gasteiger partial charge in [0.25, 0.3) is 5.91 Å². The first-order valence-corrected chi connectivity index (χ1v) is 7.73. The Bertz CT molecular complexity index is 523. The molecule has 2 atom stereocenters. The fourth-order valence-corrected chi connectivity index (χ4v) is 2.42. The van der Waals surface area contributed by atoms with Crippen molar-refractivity contribution >= 4 is 11.7 Å². The Balaban J connectivity index is 1.77. The van der Waals surface area contributed by atoms with Crippen LogP contribution < -0.4 is 10.1 Å². The van der Waals surface area contributed by atoms with Crippen molar-refractivity contribution in [1.82, 2.24) is 5.32 Å². The zero-order chi connectivity index (χ0) is 15.9. The highest BCUT2D eigenvalue weighted by atomic mass is 16.5. The zero-order valence-electron chi connectivity index (χ0n) is 13.1. The fourth-order valence-electron chi connectivity index (χ4n) is 2.42. The van der Waals surface area contributed by atoms with Gasteiger partial charge in [0.05, 0.1) is 6.10 Å². The SMILES string of the molecule is CC(=O)c1cccc(OC(C)C(=O)NCCC2CCCO2)c1. The first-order chi connectivity index (χ1) is 10.6. The quantitative estimate of drug-likeness (QED) is 0.785. The van der Waals surface area contributed by atoms with Gasteiger partial charge in [-0.25, -0.2) is 0 Å². The second-order valence-electron chi connectivity index (χ2n) is 5.56. The number of nitrogens with one attached hydrogen (secondary N) is 1. The smallest absolute Gasteiger partial charge is 0.260 e. The van der Waals surface area contributed by atoms with Crippen molar-refractivity contribution in [3.05, 3.63) is 29.8 Å². The maximum atomic E-state index is 12.0. The highest BCUT2D eigenvalue weighted by Gasteiger charge is 2.18. The Morgan fingerprint density at radius 3 is 2.95 bits per heavy atom. The van der Waals surface area contributed by atoms with E-state index < -0.39 is 6.10 Å². The van der Waals surface area contributed by atoms with Gasteiger partial charge in [-0.3, -0.25) is 9.59 Å². The number of Topliss-reactive ketones (excluding diaryl/α,β-unsaturated/α-hetero) is 1. The molecule has 1 heterocycles. The first-order valence-electron chi connectivity index (χ1n) is 7.73. The Hall–Kier alpha value is -1.88. The molecule has 1 saturated heterocycles. The van der Waals surface area contributed by atoms with Crippen LogP contribution in [0.1, 0.15) is 43.5 Å². The van der Waals surface area contributed by atoms with Crippen LogP contribution in [-0.2, 0) is 9.53 Å². The van der Waals surface area contributed by atoms with Gasteiger partial charge < -0.3 is 14.8 Å². The van der Waals surface area contributed by atoms with Crippen LogP contribution in [0.15, 0.2) is 24.3 Å². The van der Waals surface area contributed by atoms with Gasteiger partial charge in [-0.05, 0) is 45.2 Å². The Morgan fingerprint density at radius 1 is 1.45 bits per heavy atom. The van der Waals surface area contributed by atoms with Gasteiger partial charge in [0.15, 0.2) is 11.9 Å². The van der Waals surface area contributed by atoms with Gasteiger partial charge >= 0.3 is 0 Å². The molecule has 0 spiro atoms. The molecule has 0 bridgehead atoms. The maximum absolute atomic E-state index is 12.0. The van der Waals surface area contributed by atoms with Crippen LogP contribution in [0.5, 0.6) is 5.75 Å². The lowest BCUT2D eigenvalue weighted by atomic mass is 10.1. The standard InChI is InChI=1S/C17H23NO4/c1-12(19)14-5-3-6-16(11-14)22-13(2)17(20)18-9-8-15-7-4-10-21-15/h3,5-6,11,13,15H,4,7-10H2,1-2H3,(H,18,20). The summed E-state index contributed by atoms with van der Waals surface area (Å²) in [5, 5.41) is 2.86. The Morgan fingerprint density at radius 2 is 2.27 bits per heavy atom. The van der Waals surface area contributed by atoms with Crippen molar-refractivity contribution in [1.29, 1.82) is 0 Å². The average molecular weight is 305 g/mol. The highest BCUT2D eigenvalue weighted by Crippen LogP contribution is 2.16. The van der Waals surface area contributed by atoms with Crippen molar-refractivity contribution in [2.75, 3.05) is 13.2 Å². The van der Waals surface area contributed by atoms with E-state index in [9.17, 15) is 9.59 Å². The molecule has 0 aliphatic carbocycles. The van der Waals surface area contributed by atoms with E-state index in [1.165, 1.54) is 6.92 Å². The lowest BCUT2D eigenvalue weighted by Gasteiger charge is -2.16. The minimum Gasteiger partial charge on any atom is -0.481 e. The molecule has 1 fully saturated rings. The topological polar surface area (TPSA) is 64.6 Å². The maximum Gasteiger partial charge on any atom is 0.260 e. The second-order valence-corrected chi connectivity index (χ2v) is 5.56. The number of carbonyl (C=O) groups is 2. The highest BCUT2D eigenvalue weighted by molar-refractivity contribution is 5.94. The number of ether oxygens (including phenoxy) is 2. The molecule has 22 heavy (non-hydrogen) atoms. The molecule has 1 N–H and O–H groups in total. The molecule has 5 heteroatoms. The summed E-state index contributed by atoms with van der Waals surface area (Å²) >= 11 is 0. The molecule has 1 aromatic rings. The largest absolute Gasteiger partial charge is 0.481 e. The molecule has 1 aliphatic rings. The van der Waals surface area contributed by atoms with E-state index in [0.29, 0.717) is 17.9 Å². The van der Waals surface area contributed by atoms with E-state index >= 15 is 0 Å². The van der Waals surface area contributed by atoms with Crippen LogP contribution in [0.25, 0.3) is 0 Å². The number of rotatable bonds is 7. The summed E-state index contributed by atoms with van der Waals surface area (Å²) in [6.07, 6.45) is 2.67. The monoisotopic (exact) mass is 305 g/mol. The van der Waals surface area contributed by atoms with Crippen molar-refractivity contribution in [2.24, 2.45) is 0 Å². The first kappa shape index (κ1) is 16.5. The molecule has 1 amide bonds. The van der Waals surface area contributed by atoms with Crippen LogP contribution >= 0.6 is 0 Å². The van der Waals surface area contributed by atoms with E-state index in [0.717, 1.165) is 25.9 Å². The number of carbonyl (C=O) groups excluding carboxylic acids is 2. The Labute approximate surface area is 131 Å². The van der Waals surface area contributed by atoms with Crippen LogP contribution in [0.3, 0.4) is 0 Å². The summed E-state index contributed by atoms with van der Waals surface area (Å²) in [6.45, 7) is 4.61. The summed E-state index contributed by atoms with van der Waals surface area (Å²) in [4.78, 5) is 23.3. The van der Waals surface area contributed by atoms with Crippen LogP contribution in [0.4, 0.5) is 0 Å². The predicted molar refractivity (Wildman–Crippen MR) is 83.1 cm³/mol. The van der Waals surface area contributed by atoms with Gasteiger partial charge in [-0.15, -0.1) is 0 Å². The van der Waals surface area contributed by atoms with Crippen molar-refractivity contribution in [3.8, 4) is 5.75 Å². The molecule has 0 radical (unpaired) electrons. The number of amides is 1. The average Bonchev–Trinajstić information content (AvgIpc) is 3.00. The zero-order valence-corrected chi connectivity index (χ0v) is 13.1. The summed E-state index contributed by atoms with van der Waals surface area (Å²) in [7, 11) is 0. The number of benzene rings is 1. The van der Waals surface area contributed by atoms with Gasteiger partial charge in [0, 0.05) is 18.7 Å². The molecular formula is C17H23NO4. The Kier molecular flexibility index (Phi) is 5.95. The van der Waals surface area contributed by atoms with E-state index in [1.807, 2.05) is 0 Å². The van der Waals surface area contributed by atoms with E-state index in [2.05, 4.69) is 5.32 Å². The summed E-state index contributed by atoms with van der Waals surface area (Å²) in [6, 6.07) is 6.86. The minimum atomic E-state index is -0.605.